The molecule has 36 heavy (non-hydrogen) atoms. The molecular weight excluding hydrogens is 480 g/mol. The molecule has 0 saturated carbocycles. The third-order valence-corrected chi connectivity index (χ3v) is 6.48. The number of aliphatic hydroxyl groups is 4. The third kappa shape index (κ3) is 4.16. The molecule has 0 radical (unpaired) electrons. The Balaban J connectivity index is 1.72. The number of Topliss-reactive ketones (excluding diaryl/α,β-unsaturated/α-hetero) is 1. The van der Waals surface area contributed by atoms with E-state index in [9.17, 15) is 40.5 Å². The first-order valence-corrected chi connectivity index (χ1v) is 11.1. The minimum absolute atomic E-state index is 0.00976. The lowest BCUT2D eigenvalue weighted by Crippen LogP contribution is -2.60. The van der Waals surface area contributed by atoms with Gasteiger partial charge >= 0.3 is 0 Å². The van der Waals surface area contributed by atoms with Crippen LogP contribution in [0.15, 0.2) is 12.1 Å². The van der Waals surface area contributed by atoms with E-state index in [0.29, 0.717) is 0 Å². The zero-order chi connectivity index (χ0) is 26.5. The lowest BCUT2D eigenvalue weighted by Gasteiger charge is -2.40. The second-order valence-corrected chi connectivity index (χ2v) is 8.77. The Morgan fingerprint density at radius 3 is 2.19 bits per heavy atom. The quantitative estimate of drug-likeness (QED) is 0.292. The molecule has 6 unspecified atom stereocenters. The van der Waals surface area contributed by atoms with E-state index in [4.69, 9.17) is 18.9 Å². The Kier molecular flexibility index (Phi) is 6.90. The molecule has 1 fully saturated rings. The number of carbonyl (C=O) groups excluding carboxylic acids is 1. The van der Waals surface area contributed by atoms with Crippen LogP contribution in [0, 0.1) is 13.8 Å². The number of carbonyl (C=O) groups is 1. The minimum atomic E-state index is -1.69. The zero-order valence-electron chi connectivity index (χ0n) is 19.7. The third-order valence-electron chi connectivity index (χ3n) is 6.48. The van der Waals surface area contributed by atoms with E-state index in [0.717, 1.165) is 0 Å². The molecule has 2 aliphatic rings. The summed E-state index contributed by atoms with van der Waals surface area (Å²) in [5, 5.41) is 71.0. The van der Waals surface area contributed by atoms with Crippen LogP contribution in [0.2, 0.25) is 0 Å². The van der Waals surface area contributed by atoms with E-state index in [1.807, 2.05) is 0 Å². The zero-order valence-corrected chi connectivity index (χ0v) is 19.7. The Labute approximate surface area is 205 Å². The van der Waals surface area contributed by atoms with Crippen LogP contribution in [0.3, 0.4) is 0 Å². The molecule has 7 N–H and O–H groups in total. The molecule has 6 atom stereocenters. The second-order valence-electron chi connectivity index (χ2n) is 8.77. The number of phenols is 3. The first-order chi connectivity index (χ1) is 17.0. The Bertz CT molecular complexity index is 1150. The fourth-order valence-electron chi connectivity index (χ4n) is 4.49. The summed E-state index contributed by atoms with van der Waals surface area (Å²) < 4.78 is 22.1. The largest absolute Gasteiger partial charge is 0.507 e. The van der Waals surface area contributed by atoms with E-state index in [-0.39, 0.29) is 57.4 Å². The second kappa shape index (κ2) is 9.64. The maximum absolute atomic E-state index is 13.0. The number of hydrogen-bond acceptors (Lipinski definition) is 12. The van der Waals surface area contributed by atoms with Gasteiger partial charge in [0.2, 0.25) is 12.0 Å². The van der Waals surface area contributed by atoms with Crippen LogP contribution < -0.4 is 14.2 Å². The number of ketones is 1. The number of benzene rings is 2. The van der Waals surface area contributed by atoms with Crippen molar-refractivity contribution in [3.8, 4) is 34.5 Å². The molecule has 2 aliphatic heterocycles. The average molecular weight is 508 g/mol. The fourth-order valence-corrected chi connectivity index (χ4v) is 4.49. The van der Waals surface area contributed by atoms with Crippen LogP contribution in [-0.2, 0) is 4.74 Å². The van der Waals surface area contributed by atoms with Crippen molar-refractivity contribution in [1.82, 2.24) is 0 Å². The summed E-state index contributed by atoms with van der Waals surface area (Å²) in [6.45, 7) is 2.36. The van der Waals surface area contributed by atoms with Crippen LogP contribution in [-0.4, -0.2) is 86.0 Å². The topological polar surface area (TPSA) is 196 Å². The summed E-state index contributed by atoms with van der Waals surface area (Å²) >= 11 is 0. The van der Waals surface area contributed by atoms with E-state index in [1.54, 1.807) is 6.92 Å². The van der Waals surface area contributed by atoms with Crippen molar-refractivity contribution in [1.29, 1.82) is 0 Å². The number of phenolic OH excluding ortho intramolecular Hbond substituents is 3. The van der Waals surface area contributed by atoms with Gasteiger partial charge in [-0.25, -0.2) is 0 Å². The number of methoxy groups -OCH3 is 1. The summed E-state index contributed by atoms with van der Waals surface area (Å²) in [6.07, 6.45) is -8.82. The average Bonchev–Trinajstić information content (AvgIpc) is 2.84. The molecule has 4 rings (SSSR count). The highest BCUT2D eigenvalue weighted by molar-refractivity contribution is 6.04. The number of ether oxygens (including phenoxy) is 4. The maximum atomic E-state index is 13.0. The van der Waals surface area contributed by atoms with Gasteiger partial charge in [-0.3, -0.25) is 4.79 Å². The Hall–Kier alpha value is -3.29. The van der Waals surface area contributed by atoms with E-state index < -0.39 is 54.9 Å². The summed E-state index contributed by atoms with van der Waals surface area (Å²) in [4.78, 5) is 13.0. The summed E-state index contributed by atoms with van der Waals surface area (Å²) in [5.74, 6) is -1.76. The van der Waals surface area contributed by atoms with Gasteiger partial charge in [0.15, 0.2) is 17.3 Å². The van der Waals surface area contributed by atoms with Gasteiger partial charge in [-0.05, 0) is 26.0 Å². The summed E-state index contributed by atoms with van der Waals surface area (Å²) in [6, 6.07) is 2.58. The minimum Gasteiger partial charge on any atom is -0.507 e. The standard InChI is InChI=1S/C24H28O12/c1-8-17(29)16-11(26)6-14(10-4-12(27)23(33-3)13(28)5-10)34-22(16)9(2)21(8)36-24-20(32)19(31)18(30)15(7-25)35-24/h4-5,14-15,18-20,24-25,27-32H,6-7H2,1-3H3. The van der Waals surface area contributed by atoms with Gasteiger partial charge in [-0.15, -0.1) is 0 Å². The number of aromatic hydroxyl groups is 3. The van der Waals surface area contributed by atoms with Crippen LogP contribution in [0.4, 0.5) is 0 Å². The molecule has 0 aromatic heterocycles. The molecule has 0 amide bonds. The smallest absolute Gasteiger partial charge is 0.229 e. The highest BCUT2D eigenvalue weighted by Crippen LogP contribution is 2.49. The van der Waals surface area contributed by atoms with Crippen LogP contribution in [0.25, 0.3) is 0 Å². The first-order valence-electron chi connectivity index (χ1n) is 11.1. The highest BCUT2D eigenvalue weighted by atomic mass is 16.7. The molecule has 0 bridgehead atoms. The first kappa shape index (κ1) is 25.8. The van der Waals surface area contributed by atoms with Crippen LogP contribution >= 0.6 is 0 Å². The lowest BCUT2D eigenvalue weighted by molar-refractivity contribution is -0.277. The van der Waals surface area contributed by atoms with E-state index in [2.05, 4.69) is 0 Å². The van der Waals surface area contributed by atoms with Gasteiger partial charge in [-0.1, -0.05) is 0 Å². The number of aliphatic hydroxyl groups excluding tert-OH is 4. The SMILES string of the molecule is COc1c(O)cc(C2CC(=O)c3c(O)c(C)c(OC4OC(CO)C(O)C(O)C4O)c(C)c3O2)cc1O. The molecular formula is C24H28O12. The number of hydrogen-bond donors (Lipinski definition) is 7. The summed E-state index contributed by atoms with van der Waals surface area (Å²) in [5.41, 5.74) is 0.598. The van der Waals surface area contributed by atoms with Gasteiger partial charge in [-0.2, -0.15) is 0 Å². The fraction of sp³-hybridized carbons (Fsp3) is 0.458. The Morgan fingerprint density at radius 2 is 1.61 bits per heavy atom. The van der Waals surface area contributed by atoms with Gasteiger partial charge in [0.25, 0.3) is 0 Å². The molecule has 2 heterocycles. The normalized spacial score (nSPS) is 27.8. The molecule has 0 spiro atoms. The van der Waals surface area contributed by atoms with E-state index >= 15 is 0 Å². The monoisotopic (exact) mass is 508 g/mol. The van der Waals surface area contributed by atoms with Crippen LogP contribution in [0.1, 0.15) is 39.6 Å². The number of fused-ring (bicyclic) bond motifs is 1. The van der Waals surface area contributed by atoms with Gasteiger partial charge in [0.05, 0.1) is 20.1 Å². The van der Waals surface area contributed by atoms with Crippen LogP contribution in [0.5, 0.6) is 34.5 Å². The predicted octanol–water partition coefficient (Wildman–Crippen LogP) is 0.314. The maximum Gasteiger partial charge on any atom is 0.229 e. The highest BCUT2D eigenvalue weighted by Gasteiger charge is 2.45. The van der Waals surface area contributed by atoms with Crippen molar-refractivity contribution in [3.63, 3.8) is 0 Å². The van der Waals surface area contributed by atoms with Crippen molar-refractivity contribution in [3.05, 3.63) is 34.4 Å². The molecule has 196 valence electrons. The summed E-state index contributed by atoms with van der Waals surface area (Å²) in [7, 11) is 1.27. The molecule has 2 aromatic rings. The number of rotatable bonds is 5. The van der Waals surface area contributed by atoms with Crippen molar-refractivity contribution >= 4 is 5.78 Å². The van der Waals surface area contributed by atoms with Gasteiger partial charge in [0, 0.05) is 16.7 Å². The predicted molar refractivity (Wildman–Crippen MR) is 121 cm³/mol. The van der Waals surface area contributed by atoms with Gasteiger partial charge in [0.1, 0.15) is 53.3 Å². The van der Waals surface area contributed by atoms with Crippen molar-refractivity contribution in [2.24, 2.45) is 0 Å². The molecule has 0 aliphatic carbocycles. The molecule has 12 nitrogen and oxygen atoms in total. The molecule has 12 heteroatoms. The van der Waals surface area contributed by atoms with Crippen molar-refractivity contribution < 1.29 is 59.5 Å². The lowest BCUT2D eigenvalue weighted by atomic mass is 9.91. The van der Waals surface area contributed by atoms with Crippen molar-refractivity contribution in [2.75, 3.05) is 13.7 Å². The van der Waals surface area contributed by atoms with E-state index in [1.165, 1.54) is 26.2 Å². The molecule has 2 aromatic carbocycles. The Morgan fingerprint density at radius 1 is 0.972 bits per heavy atom. The molecule has 1 saturated heterocycles. The van der Waals surface area contributed by atoms with Crippen molar-refractivity contribution in [2.45, 2.75) is 57.1 Å². The van der Waals surface area contributed by atoms with Gasteiger partial charge < -0.3 is 54.7 Å².